The molecule has 2 atom stereocenters. The molecule has 7 nitrogen and oxygen atoms in total. The fourth-order valence-electron chi connectivity index (χ4n) is 2.92. The van der Waals surface area contributed by atoms with Gasteiger partial charge in [0, 0.05) is 0 Å². The van der Waals surface area contributed by atoms with E-state index in [9.17, 15) is 19.5 Å². The molecular weight excluding hydrogens is 314 g/mol. The number of carboxylic acids is 2. The van der Waals surface area contributed by atoms with Gasteiger partial charge in [-0.1, -0.05) is 13.8 Å². The largest absolute Gasteiger partial charge is 0.489 e. The van der Waals surface area contributed by atoms with Gasteiger partial charge in [-0.05, 0) is 37.5 Å². The number of amides is 1. The molecule has 0 heterocycles. The first-order chi connectivity index (χ1) is 11.1. The van der Waals surface area contributed by atoms with Crippen LogP contribution in [0.2, 0.25) is 0 Å². The Morgan fingerprint density at radius 1 is 1.17 bits per heavy atom. The minimum absolute atomic E-state index is 0.00579. The second kappa shape index (κ2) is 6.14. The van der Waals surface area contributed by atoms with E-state index < -0.39 is 35.1 Å². The quantitative estimate of drug-likeness (QED) is 0.736. The second-order valence-electron chi connectivity index (χ2n) is 6.79. The molecule has 130 valence electrons. The summed E-state index contributed by atoms with van der Waals surface area (Å²) in [6, 6.07) is 4.17. The monoisotopic (exact) mass is 335 g/mol. The fourth-order valence-corrected chi connectivity index (χ4v) is 2.92. The highest BCUT2D eigenvalue weighted by Crippen LogP contribution is 2.58. The first-order valence-electron chi connectivity index (χ1n) is 7.63. The van der Waals surface area contributed by atoms with E-state index in [0.29, 0.717) is 5.75 Å². The van der Waals surface area contributed by atoms with Gasteiger partial charge in [0.1, 0.15) is 5.75 Å². The molecule has 0 spiro atoms. The Hall–Kier alpha value is -2.57. The van der Waals surface area contributed by atoms with Crippen molar-refractivity contribution in [3.63, 3.8) is 0 Å². The smallest absolute Gasteiger partial charge is 0.335 e. The van der Waals surface area contributed by atoms with Crippen LogP contribution in [0.5, 0.6) is 5.75 Å². The average molecular weight is 335 g/mol. The molecule has 0 unspecified atom stereocenters. The first-order valence-corrected chi connectivity index (χ1v) is 7.63. The maximum atomic E-state index is 12.4. The van der Waals surface area contributed by atoms with Crippen LogP contribution in [0.3, 0.4) is 0 Å². The number of rotatable bonds is 6. The minimum atomic E-state index is -1.13. The van der Waals surface area contributed by atoms with Crippen molar-refractivity contribution in [3.05, 3.63) is 23.8 Å². The third-order valence-electron chi connectivity index (χ3n) is 4.22. The van der Waals surface area contributed by atoms with Gasteiger partial charge in [-0.3, -0.25) is 9.59 Å². The molecule has 0 bridgehead atoms. The van der Waals surface area contributed by atoms with Crippen LogP contribution in [0, 0.1) is 17.3 Å². The molecule has 0 radical (unpaired) electrons. The van der Waals surface area contributed by atoms with E-state index in [1.54, 1.807) is 27.7 Å². The number of nitrogens with one attached hydrogen (secondary N) is 1. The van der Waals surface area contributed by atoms with Gasteiger partial charge in [-0.15, -0.1) is 0 Å². The molecule has 24 heavy (non-hydrogen) atoms. The lowest BCUT2D eigenvalue weighted by Crippen LogP contribution is -2.19. The van der Waals surface area contributed by atoms with Crippen molar-refractivity contribution in [1.82, 2.24) is 0 Å². The molecule has 7 heteroatoms. The van der Waals surface area contributed by atoms with Crippen LogP contribution in [0.4, 0.5) is 5.69 Å². The highest BCUT2D eigenvalue weighted by Gasteiger charge is 2.65. The first kappa shape index (κ1) is 17.8. The van der Waals surface area contributed by atoms with Crippen LogP contribution in [-0.4, -0.2) is 34.2 Å². The zero-order valence-corrected chi connectivity index (χ0v) is 14.0. The van der Waals surface area contributed by atoms with Crippen molar-refractivity contribution in [1.29, 1.82) is 0 Å². The van der Waals surface area contributed by atoms with Crippen molar-refractivity contribution in [2.45, 2.75) is 33.8 Å². The highest BCUT2D eigenvalue weighted by atomic mass is 16.5. The molecule has 2 rings (SSSR count). The number of aromatic carboxylic acids is 1. The van der Waals surface area contributed by atoms with Crippen molar-refractivity contribution in [3.8, 4) is 5.75 Å². The lowest BCUT2D eigenvalue weighted by atomic mass is 10.1. The van der Waals surface area contributed by atoms with Crippen molar-refractivity contribution in [2.24, 2.45) is 17.3 Å². The number of anilines is 1. The maximum Gasteiger partial charge on any atom is 0.335 e. The summed E-state index contributed by atoms with van der Waals surface area (Å²) < 4.78 is 5.58. The van der Waals surface area contributed by atoms with Crippen molar-refractivity contribution >= 4 is 23.5 Å². The summed E-state index contributed by atoms with van der Waals surface area (Å²) in [5.74, 6) is -3.68. The lowest BCUT2D eigenvalue weighted by molar-refractivity contribution is -0.140. The Balaban J connectivity index is 2.27. The fraction of sp³-hybridized carbons (Fsp3) is 0.471. The van der Waals surface area contributed by atoms with E-state index in [1.807, 2.05) is 0 Å². The summed E-state index contributed by atoms with van der Waals surface area (Å²) in [4.78, 5) is 34.8. The molecule has 1 amide bonds. The SMILES string of the molecule is CC(C)Oc1ccc(C(=O)O)cc1NC(=O)[C@H]1[C@@H](C(=O)O)C1(C)C. The number of ether oxygens (including phenoxy) is 1. The molecule has 1 fully saturated rings. The van der Waals surface area contributed by atoms with Gasteiger partial charge in [0.15, 0.2) is 0 Å². The Kier molecular flexibility index (Phi) is 4.55. The number of aliphatic carboxylic acids is 1. The molecular formula is C17H21NO6. The zero-order chi connectivity index (χ0) is 18.2. The predicted octanol–water partition coefficient (Wildman–Crippen LogP) is 2.47. The standard InChI is InChI=1S/C17H21NO6/c1-8(2)24-11-6-5-9(15(20)21)7-10(11)18-14(19)12-13(16(22)23)17(12,3)4/h5-8,12-13H,1-4H3,(H,18,19)(H,20,21)(H,22,23)/t12-,13+/m1/s1. The number of hydrogen-bond donors (Lipinski definition) is 3. The third kappa shape index (κ3) is 3.34. The summed E-state index contributed by atoms with van der Waals surface area (Å²) in [6.07, 6.45) is -0.166. The Morgan fingerprint density at radius 2 is 1.79 bits per heavy atom. The summed E-state index contributed by atoms with van der Waals surface area (Å²) >= 11 is 0. The third-order valence-corrected chi connectivity index (χ3v) is 4.22. The van der Waals surface area contributed by atoms with Crippen molar-refractivity contribution in [2.75, 3.05) is 5.32 Å². The summed E-state index contributed by atoms with van der Waals surface area (Å²) in [7, 11) is 0. The normalized spacial score (nSPS) is 21.2. The second-order valence-corrected chi connectivity index (χ2v) is 6.79. The van der Waals surface area contributed by atoms with Crippen molar-refractivity contribution < 1.29 is 29.3 Å². The van der Waals surface area contributed by atoms with Gasteiger partial charge in [-0.25, -0.2) is 4.79 Å². The topological polar surface area (TPSA) is 113 Å². The van der Waals surface area contributed by atoms with Crippen LogP contribution in [0.25, 0.3) is 0 Å². The van der Waals surface area contributed by atoms with Crippen LogP contribution < -0.4 is 10.1 Å². The molecule has 1 aliphatic carbocycles. The number of carbonyl (C=O) groups is 3. The molecule has 0 aliphatic heterocycles. The number of benzene rings is 1. The zero-order valence-electron chi connectivity index (χ0n) is 14.0. The molecule has 1 saturated carbocycles. The van der Waals surface area contributed by atoms with E-state index in [0.717, 1.165) is 0 Å². The van der Waals surface area contributed by atoms with E-state index in [-0.39, 0.29) is 17.4 Å². The molecule has 0 aromatic heterocycles. The van der Waals surface area contributed by atoms with Crippen LogP contribution in [0.15, 0.2) is 18.2 Å². The van der Waals surface area contributed by atoms with Crippen LogP contribution in [-0.2, 0) is 9.59 Å². The number of hydrogen-bond acceptors (Lipinski definition) is 4. The summed E-state index contributed by atoms with van der Waals surface area (Å²) in [5.41, 5.74) is -0.411. The lowest BCUT2D eigenvalue weighted by Gasteiger charge is -2.16. The van der Waals surface area contributed by atoms with E-state index in [1.165, 1.54) is 18.2 Å². The molecule has 0 saturated heterocycles. The average Bonchev–Trinajstić information content (AvgIpc) is 3.03. The molecule has 3 N–H and O–H groups in total. The van der Waals surface area contributed by atoms with Crippen LogP contribution >= 0.6 is 0 Å². The summed E-state index contributed by atoms with van der Waals surface area (Å²) in [5, 5.41) is 20.9. The van der Waals surface area contributed by atoms with E-state index in [4.69, 9.17) is 9.84 Å². The van der Waals surface area contributed by atoms with Gasteiger partial charge in [0.25, 0.3) is 0 Å². The predicted molar refractivity (Wildman–Crippen MR) is 86.2 cm³/mol. The molecule has 1 aromatic rings. The highest BCUT2D eigenvalue weighted by molar-refractivity contribution is 6.01. The Bertz CT molecular complexity index is 694. The molecule has 1 aromatic carbocycles. The van der Waals surface area contributed by atoms with Crippen LogP contribution in [0.1, 0.15) is 38.1 Å². The molecule has 1 aliphatic rings. The van der Waals surface area contributed by atoms with Gasteiger partial charge in [0.2, 0.25) is 5.91 Å². The van der Waals surface area contributed by atoms with Gasteiger partial charge >= 0.3 is 11.9 Å². The van der Waals surface area contributed by atoms with Gasteiger partial charge in [0.05, 0.1) is 29.2 Å². The Morgan fingerprint density at radius 3 is 2.25 bits per heavy atom. The summed E-state index contributed by atoms with van der Waals surface area (Å²) in [6.45, 7) is 7.05. The Labute approximate surface area is 139 Å². The number of carbonyl (C=O) groups excluding carboxylic acids is 1. The maximum absolute atomic E-state index is 12.4. The number of carboxylic acid groups (broad SMARTS) is 2. The van der Waals surface area contributed by atoms with E-state index >= 15 is 0 Å². The van der Waals surface area contributed by atoms with Gasteiger partial charge in [-0.2, -0.15) is 0 Å². The minimum Gasteiger partial charge on any atom is -0.489 e. The van der Waals surface area contributed by atoms with Gasteiger partial charge < -0.3 is 20.3 Å². The van der Waals surface area contributed by atoms with E-state index in [2.05, 4.69) is 5.32 Å².